The predicted octanol–water partition coefficient (Wildman–Crippen LogP) is 3.82. The molecule has 2 aliphatic rings. The van der Waals surface area contributed by atoms with E-state index < -0.39 is 39.3 Å². The fraction of sp³-hybridized carbons (Fsp3) is 0.515. The normalized spacial score (nSPS) is 19.1. The average Bonchev–Trinajstić information content (AvgIpc) is 3.72. The van der Waals surface area contributed by atoms with E-state index >= 15 is 0 Å². The molecule has 5 rings (SSSR count). The Morgan fingerprint density at radius 1 is 1.00 bits per heavy atom. The first kappa shape index (κ1) is 35.1. The number of carbonyl (C=O) groups is 3. The molecule has 3 aromatic rings. The van der Waals surface area contributed by atoms with Gasteiger partial charge in [0.05, 0.1) is 16.6 Å². The number of sulfonamides is 1. The molecule has 2 saturated heterocycles. The van der Waals surface area contributed by atoms with Gasteiger partial charge in [-0.05, 0) is 114 Å². The summed E-state index contributed by atoms with van der Waals surface area (Å²) in [5, 5.41) is 25.7. The Balaban J connectivity index is 1.43. The number of carboxylic acids is 1. The van der Waals surface area contributed by atoms with Crippen molar-refractivity contribution in [2.75, 3.05) is 24.5 Å². The summed E-state index contributed by atoms with van der Waals surface area (Å²) < 4.78 is 35.5. The van der Waals surface area contributed by atoms with Gasteiger partial charge in [-0.1, -0.05) is 29.8 Å². The lowest BCUT2D eigenvalue weighted by molar-refractivity contribution is -0.147. The van der Waals surface area contributed by atoms with E-state index in [1.54, 1.807) is 69.3 Å². The molecule has 2 fully saturated rings. The number of tetrazole rings is 1. The number of rotatable bonds is 9. The van der Waals surface area contributed by atoms with Crippen LogP contribution < -0.4 is 10.2 Å². The van der Waals surface area contributed by atoms with Crippen molar-refractivity contribution < 1.29 is 32.6 Å². The molecule has 2 N–H and O–H groups in total. The SMILES string of the molecule is Cc1ccc(S(=O)(=O)N2CCCC2c2nnnn2C(C)(Cc2ccc(N(C(=O)OC(C)(C)C)C(=O)C3CCNCC3)cc2)C(=O)O)cc1. The lowest BCUT2D eigenvalue weighted by Crippen LogP contribution is -2.46. The van der Waals surface area contributed by atoms with Crippen molar-refractivity contribution in [1.82, 2.24) is 29.8 Å². The molecule has 0 bridgehead atoms. The number of carbonyl (C=O) groups excluding carboxylic acids is 2. The van der Waals surface area contributed by atoms with Crippen molar-refractivity contribution in [2.24, 2.45) is 5.92 Å². The predicted molar refractivity (Wildman–Crippen MR) is 176 cm³/mol. The highest BCUT2D eigenvalue weighted by Crippen LogP contribution is 2.38. The third kappa shape index (κ3) is 7.27. The maximum Gasteiger partial charge on any atom is 0.421 e. The van der Waals surface area contributed by atoms with Gasteiger partial charge in [0.15, 0.2) is 11.4 Å². The quantitative estimate of drug-likeness (QED) is 0.336. The smallest absolute Gasteiger partial charge is 0.421 e. The van der Waals surface area contributed by atoms with E-state index in [0.29, 0.717) is 50.0 Å². The summed E-state index contributed by atoms with van der Waals surface area (Å²) in [5.74, 6) is -1.79. The number of aliphatic carboxylic acids is 1. The molecule has 2 atom stereocenters. The summed E-state index contributed by atoms with van der Waals surface area (Å²) in [6, 6.07) is 12.3. The fourth-order valence-electron chi connectivity index (χ4n) is 6.17. The van der Waals surface area contributed by atoms with Gasteiger partial charge in [-0.25, -0.2) is 27.6 Å². The standard InChI is InChI=1S/C33H43N7O7S/c1-22-8-14-26(15-9-22)48(45,46)38-20-6-7-27(38)28-35-36-37-40(28)33(5,30(42)43)21-23-10-12-25(13-11-23)39(31(44)47-32(2,3)4)29(41)24-16-18-34-19-17-24/h8-15,24,27,34H,6-7,16-21H2,1-5H3,(H,42,43). The van der Waals surface area contributed by atoms with Crippen molar-refractivity contribution in [1.29, 1.82) is 0 Å². The minimum Gasteiger partial charge on any atom is -0.479 e. The number of aryl methyl sites for hydroxylation is 1. The molecule has 15 heteroatoms. The molecule has 0 saturated carbocycles. The number of hydrogen-bond donors (Lipinski definition) is 2. The monoisotopic (exact) mass is 681 g/mol. The van der Waals surface area contributed by atoms with E-state index in [2.05, 4.69) is 20.8 Å². The number of ether oxygens (including phenoxy) is 1. The third-order valence-corrected chi connectivity index (χ3v) is 10.7. The molecular formula is C33H43N7O7S. The Kier molecular flexibility index (Phi) is 10.0. The molecule has 2 aliphatic heterocycles. The Hall–Kier alpha value is -4.21. The van der Waals surface area contributed by atoms with Crippen LogP contribution in [-0.2, 0) is 36.3 Å². The largest absolute Gasteiger partial charge is 0.479 e. The van der Waals surface area contributed by atoms with Crippen LogP contribution in [0.3, 0.4) is 0 Å². The summed E-state index contributed by atoms with van der Waals surface area (Å²) in [6.07, 6.45) is 1.29. The molecule has 258 valence electrons. The van der Waals surface area contributed by atoms with Crippen LogP contribution >= 0.6 is 0 Å². The average molecular weight is 682 g/mol. The van der Waals surface area contributed by atoms with E-state index in [0.717, 1.165) is 10.5 Å². The van der Waals surface area contributed by atoms with Crippen LogP contribution in [0, 0.1) is 12.8 Å². The molecule has 2 amide bonds. The molecule has 2 aromatic carbocycles. The minimum absolute atomic E-state index is 0.0766. The second-order valence-corrected chi connectivity index (χ2v) is 15.5. The van der Waals surface area contributed by atoms with Crippen molar-refractivity contribution in [3.8, 4) is 0 Å². The first-order valence-electron chi connectivity index (χ1n) is 16.1. The molecule has 1 aromatic heterocycles. The van der Waals surface area contributed by atoms with Gasteiger partial charge in [-0.15, -0.1) is 5.10 Å². The Morgan fingerprint density at radius 2 is 1.65 bits per heavy atom. The van der Waals surface area contributed by atoms with Crippen LogP contribution in [0.1, 0.15) is 76.4 Å². The van der Waals surface area contributed by atoms with Crippen LogP contribution in [0.4, 0.5) is 10.5 Å². The number of piperidine rings is 1. The topological polar surface area (TPSA) is 177 Å². The summed E-state index contributed by atoms with van der Waals surface area (Å²) >= 11 is 0. The minimum atomic E-state index is -3.92. The number of amides is 2. The molecule has 3 heterocycles. The Labute approximate surface area is 280 Å². The van der Waals surface area contributed by atoms with Crippen LogP contribution in [-0.4, -0.2) is 81.2 Å². The van der Waals surface area contributed by atoms with Crippen LogP contribution in [0.15, 0.2) is 53.4 Å². The van der Waals surface area contributed by atoms with Crippen LogP contribution in [0.5, 0.6) is 0 Å². The van der Waals surface area contributed by atoms with Gasteiger partial charge in [-0.2, -0.15) is 4.31 Å². The summed E-state index contributed by atoms with van der Waals surface area (Å²) in [5.41, 5.74) is -0.742. The number of hydrogen-bond acceptors (Lipinski definition) is 10. The van der Waals surface area contributed by atoms with E-state index in [-0.39, 0.29) is 35.5 Å². The molecule has 48 heavy (non-hydrogen) atoms. The molecule has 0 aliphatic carbocycles. The van der Waals surface area contributed by atoms with E-state index in [1.807, 2.05) is 6.92 Å². The Morgan fingerprint density at radius 3 is 2.25 bits per heavy atom. The summed E-state index contributed by atoms with van der Waals surface area (Å²) in [4.78, 5) is 41.0. The summed E-state index contributed by atoms with van der Waals surface area (Å²) in [7, 11) is -3.92. The number of imide groups is 1. The number of carboxylic acid groups (broad SMARTS) is 1. The van der Waals surface area contributed by atoms with Crippen molar-refractivity contribution in [3.05, 3.63) is 65.5 Å². The second-order valence-electron chi connectivity index (χ2n) is 13.6. The van der Waals surface area contributed by atoms with Crippen molar-refractivity contribution >= 4 is 33.7 Å². The highest BCUT2D eigenvalue weighted by Gasteiger charge is 2.45. The van der Waals surface area contributed by atoms with Crippen molar-refractivity contribution in [3.63, 3.8) is 0 Å². The van der Waals surface area contributed by atoms with Gasteiger partial charge in [0.2, 0.25) is 15.9 Å². The molecule has 14 nitrogen and oxygen atoms in total. The Bertz CT molecular complexity index is 1750. The first-order chi connectivity index (χ1) is 22.6. The molecule has 0 radical (unpaired) electrons. The molecule has 2 unspecified atom stereocenters. The highest BCUT2D eigenvalue weighted by atomic mass is 32.2. The fourth-order valence-corrected chi connectivity index (χ4v) is 7.82. The highest BCUT2D eigenvalue weighted by molar-refractivity contribution is 7.89. The number of benzene rings is 2. The van der Waals surface area contributed by atoms with E-state index in [1.165, 1.54) is 15.9 Å². The number of anilines is 1. The zero-order chi connectivity index (χ0) is 34.9. The van der Waals surface area contributed by atoms with Crippen molar-refractivity contribution in [2.45, 2.75) is 88.8 Å². The molecular weight excluding hydrogens is 638 g/mol. The molecule has 0 spiro atoms. The number of nitrogens with one attached hydrogen (secondary N) is 1. The first-order valence-corrected chi connectivity index (χ1v) is 17.5. The maximum atomic E-state index is 13.7. The van der Waals surface area contributed by atoms with Crippen LogP contribution in [0.25, 0.3) is 0 Å². The van der Waals surface area contributed by atoms with Gasteiger partial charge in [0.1, 0.15) is 5.60 Å². The van der Waals surface area contributed by atoms with Gasteiger partial charge in [-0.3, -0.25) is 4.79 Å². The van der Waals surface area contributed by atoms with Gasteiger partial charge in [0, 0.05) is 18.9 Å². The van der Waals surface area contributed by atoms with Gasteiger partial charge in [0.25, 0.3) is 0 Å². The van der Waals surface area contributed by atoms with Gasteiger partial charge < -0.3 is 15.2 Å². The lowest BCUT2D eigenvalue weighted by atomic mass is 9.92. The third-order valence-electron chi connectivity index (χ3n) is 8.78. The van der Waals surface area contributed by atoms with Crippen LogP contribution in [0.2, 0.25) is 0 Å². The lowest BCUT2D eigenvalue weighted by Gasteiger charge is -2.31. The second kappa shape index (κ2) is 13.7. The van der Waals surface area contributed by atoms with E-state index in [4.69, 9.17) is 4.74 Å². The van der Waals surface area contributed by atoms with E-state index in [9.17, 15) is 27.9 Å². The zero-order valence-electron chi connectivity index (χ0n) is 27.9. The number of aromatic nitrogens is 4. The number of nitrogens with zero attached hydrogens (tertiary/aromatic N) is 6. The summed E-state index contributed by atoms with van der Waals surface area (Å²) in [6.45, 7) is 10.1. The maximum absolute atomic E-state index is 13.7. The van der Waals surface area contributed by atoms with Gasteiger partial charge >= 0.3 is 12.1 Å². The zero-order valence-corrected chi connectivity index (χ0v) is 28.7.